The van der Waals surface area contributed by atoms with Gasteiger partial charge in [-0.05, 0) is 11.1 Å². The number of nitrogens with two attached hydrogens (primary N) is 4. The Bertz CT molecular complexity index is 442. The van der Waals surface area contributed by atoms with E-state index in [0.717, 1.165) is 11.1 Å². The van der Waals surface area contributed by atoms with Crippen LogP contribution >= 0.6 is 0 Å². The lowest BCUT2D eigenvalue weighted by Gasteiger charge is -1.93. The van der Waals surface area contributed by atoms with E-state index in [1.54, 1.807) is 0 Å². The highest BCUT2D eigenvalue weighted by Crippen LogP contribution is 2.00. The second-order valence-electron chi connectivity index (χ2n) is 3.21. The molecule has 8 nitrogen and oxygen atoms in total. The average molecular weight is 246 g/mol. The van der Waals surface area contributed by atoms with E-state index in [-0.39, 0.29) is 11.9 Å². The molecule has 0 aliphatic rings. The summed E-state index contributed by atoms with van der Waals surface area (Å²) in [4.78, 5) is 0. The Morgan fingerprint density at radius 3 is 1.33 bits per heavy atom. The molecule has 0 aliphatic carbocycles. The fraction of sp³-hybridized carbons (Fsp3) is 0. The van der Waals surface area contributed by atoms with Crippen LogP contribution in [0.3, 0.4) is 0 Å². The first kappa shape index (κ1) is 13.2. The van der Waals surface area contributed by atoms with E-state index in [9.17, 15) is 0 Å². The zero-order chi connectivity index (χ0) is 13.4. The molecule has 18 heavy (non-hydrogen) atoms. The van der Waals surface area contributed by atoms with Gasteiger partial charge in [-0.1, -0.05) is 24.3 Å². The van der Waals surface area contributed by atoms with Crippen LogP contribution in [0, 0.1) is 0 Å². The first-order chi connectivity index (χ1) is 8.58. The van der Waals surface area contributed by atoms with Gasteiger partial charge in [-0.3, -0.25) is 0 Å². The van der Waals surface area contributed by atoms with Crippen molar-refractivity contribution in [1.82, 2.24) is 0 Å². The van der Waals surface area contributed by atoms with Crippen LogP contribution in [0.5, 0.6) is 0 Å². The van der Waals surface area contributed by atoms with Crippen molar-refractivity contribution in [1.29, 1.82) is 0 Å². The molecule has 94 valence electrons. The Hall–Kier alpha value is -2.90. The molecule has 0 unspecified atom stereocenters. The lowest BCUT2D eigenvalue weighted by molar-refractivity contribution is 1.21. The Morgan fingerprint density at radius 2 is 1.06 bits per heavy atom. The minimum atomic E-state index is -0.0905. The van der Waals surface area contributed by atoms with Crippen molar-refractivity contribution in [2.75, 3.05) is 0 Å². The number of hydrogen-bond acceptors (Lipinski definition) is 4. The van der Waals surface area contributed by atoms with Gasteiger partial charge in [0.05, 0.1) is 12.4 Å². The summed E-state index contributed by atoms with van der Waals surface area (Å²) in [5.41, 5.74) is 22.2. The predicted molar refractivity (Wildman–Crippen MR) is 73.2 cm³/mol. The van der Waals surface area contributed by atoms with Gasteiger partial charge in [0.15, 0.2) is 0 Å². The van der Waals surface area contributed by atoms with Crippen LogP contribution in [0.2, 0.25) is 0 Å². The van der Waals surface area contributed by atoms with Crippen molar-refractivity contribution in [3.05, 3.63) is 35.4 Å². The first-order valence-electron chi connectivity index (χ1n) is 4.92. The van der Waals surface area contributed by atoms with Crippen molar-refractivity contribution in [3.8, 4) is 0 Å². The van der Waals surface area contributed by atoms with Crippen molar-refractivity contribution in [2.45, 2.75) is 0 Å². The highest BCUT2D eigenvalue weighted by Gasteiger charge is 1.89. The summed E-state index contributed by atoms with van der Waals surface area (Å²) in [7, 11) is 0. The molecular formula is C10H14N8. The molecule has 0 radical (unpaired) electrons. The van der Waals surface area contributed by atoms with E-state index >= 15 is 0 Å². The topological polar surface area (TPSA) is 154 Å². The van der Waals surface area contributed by atoms with Gasteiger partial charge in [-0.15, -0.1) is 10.2 Å². The third-order valence-corrected chi connectivity index (χ3v) is 1.70. The Kier molecular flexibility index (Phi) is 4.85. The zero-order valence-corrected chi connectivity index (χ0v) is 9.56. The fourth-order valence-corrected chi connectivity index (χ4v) is 0.993. The normalized spacial score (nSPS) is 10.7. The molecule has 0 fully saturated rings. The van der Waals surface area contributed by atoms with E-state index in [4.69, 9.17) is 22.9 Å². The van der Waals surface area contributed by atoms with Gasteiger partial charge in [-0.25, -0.2) is 0 Å². The van der Waals surface area contributed by atoms with Gasteiger partial charge in [0.2, 0.25) is 11.9 Å². The van der Waals surface area contributed by atoms with Crippen LogP contribution < -0.4 is 22.9 Å². The maximum absolute atomic E-state index is 5.12. The van der Waals surface area contributed by atoms with Crippen molar-refractivity contribution >= 4 is 24.3 Å². The molecule has 0 atom stereocenters. The number of rotatable bonds is 4. The summed E-state index contributed by atoms with van der Waals surface area (Å²) in [5, 5.41) is 14.3. The van der Waals surface area contributed by atoms with Gasteiger partial charge in [0, 0.05) is 0 Å². The fourth-order valence-electron chi connectivity index (χ4n) is 0.993. The van der Waals surface area contributed by atoms with Gasteiger partial charge >= 0.3 is 0 Å². The van der Waals surface area contributed by atoms with Crippen molar-refractivity contribution in [2.24, 2.45) is 43.3 Å². The molecule has 1 aromatic carbocycles. The lowest BCUT2D eigenvalue weighted by Crippen LogP contribution is -2.21. The van der Waals surface area contributed by atoms with Crippen LogP contribution in [-0.2, 0) is 0 Å². The third-order valence-electron chi connectivity index (χ3n) is 1.70. The van der Waals surface area contributed by atoms with Gasteiger partial charge in [0.1, 0.15) is 0 Å². The number of hydrogen-bond donors (Lipinski definition) is 4. The zero-order valence-electron chi connectivity index (χ0n) is 9.56. The highest BCUT2D eigenvalue weighted by molar-refractivity contribution is 5.85. The average Bonchev–Trinajstić information content (AvgIpc) is 2.30. The summed E-state index contributed by atoms with van der Waals surface area (Å²) in [6.45, 7) is 0. The summed E-state index contributed by atoms with van der Waals surface area (Å²) < 4.78 is 0. The van der Waals surface area contributed by atoms with Crippen molar-refractivity contribution in [3.63, 3.8) is 0 Å². The molecule has 0 spiro atoms. The van der Waals surface area contributed by atoms with Crippen LogP contribution in [-0.4, -0.2) is 24.3 Å². The maximum atomic E-state index is 5.12. The van der Waals surface area contributed by atoms with Gasteiger partial charge < -0.3 is 22.9 Å². The third kappa shape index (κ3) is 5.26. The molecule has 0 aliphatic heterocycles. The quantitative estimate of drug-likeness (QED) is 0.302. The molecule has 0 bridgehead atoms. The molecule has 1 rings (SSSR count). The first-order valence-corrected chi connectivity index (χ1v) is 4.92. The summed E-state index contributed by atoms with van der Waals surface area (Å²) in [5.74, 6) is -0.181. The van der Waals surface area contributed by atoms with Crippen molar-refractivity contribution < 1.29 is 0 Å². The SMILES string of the molecule is NC(N)=N/N=C\c1ccc(/C=N/N=C(N)N)cc1. The highest BCUT2D eigenvalue weighted by atomic mass is 15.3. The van der Waals surface area contributed by atoms with Crippen LogP contribution in [0.15, 0.2) is 44.7 Å². The van der Waals surface area contributed by atoms with Crippen LogP contribution in [0.1, 0.15) is 11.1 Å². The van der Waals surface area contributed by atoms with E-state index in [1.165, 1.54) is 12.4 Å². The number of nitrogens with zero attached hydrogens (tertiary/aromatic N) is 4. The molecule has 0 aromatic heterocycles. The van der Waals surface area contributed by atoms with E-state index in [0.29, 0.717) is 0 Å². The van der Waals surface area contributed by atoms with Crippen LogP contribution in [0.4, 0.5) is 0 Å². The Balaban J connectivity index is 2.69. The second-order valence-corrected chi connectivity index (χ2v) is 3.21. The van der Waals surface area contributed by atoms with Gasteiger partial charge in [-0.2, -0.15) is 10.2 Å². The molecule has 0 amide bonds. The van der Waals surface area contributed by atoms with E-state index in [2.05, 4.69) is 20.4 Å². The molecule has 8 N–H and O–H groups in total. The standard InChI is InChI=1S/C10H14N8/c11-9(12)17-15-5-7-1-2-8(4-3-7)6-16-18-10(13)14/h1-6H,(H4,11,12,17)(H4,13,14,18)/b15-5-,16-6+. The molecular weight excluding hydrogens is 232 g/mol. The number of benzene rings is 1. The predicted octanol–water partition coefficient (Wildman–Crippen LogP) is -1.10. The Morgan fingerprint density at radius 1 is 0.722 bits per heavy atom. The minimum absolute atomic E-state index is 0.0905. The summed E-state index contributed by atoms with van der Waals surface area (Å²) >= 11 is 0. The summed E-state index contributed by atoms with van der Waals surface area (Å²) in [6, 6.07) is 7.29. The van der Waals surface area contributed by atoms with E-state index < -0.39 is 0 Å². The van der Waals surface area contributed by atoms with Gasteiger partial charge in [0.25, 0.3) is 0 Å². The smallest absolute Gasteiger partial charge is 0.211 e. The van der Waals surface area contributed by atoms with E-state index in [1.807, 2.05) is 24.3 Å². The molecule has 0 saturated carbocycles. The molecule has 0 heterocycles. The minimum Gasteiger partial charge on any atom is -0.369 e. The summed E-state index contributed by atoms with van der Waals surface area (Å²) in [6.07, 6.45) is 3.05. The monoisotopic (exact) mass is 246 g/mol. The molecule has 0 saturated heterocycles. The number of guanidine groups is 2. The lowest BCUT2D eigenvalue weighted by atomic mass is 10.2. The second kappa shape index (κ2) is 6.63. The largest absolute Gasteiger partial charge is 0.369 e. The Labute approximate surface area is 104 Å². The van der Waals surface area contributed by atoms with Crippen LogP contribution in [0.25, 0.3) is 0 Å². The molecule has 1 aromatic rings. The molecule has 8 heteroatoms. The maximum Gasteiger partial charge on any atom is 0.211 e.